The zero-order valence-corrected chi connectivity index (χ0v) is 15.9. The SMILES string of the molecule is O=C(Nc1ccccc1)C(=Cc1cccc(Br)c1)NC(=O)c1ccccc1. The molecule has 0 fully saturated rings. The molecule has 27 heavy (non-hydrogen) atoms. The van der Waals surface area contributed by atoms with Gasteiger partial charge < -0.3 is 10.6 Å². The monoisotopic (exact) mass is 420 g/mol. The lowest BCUT2D eigenvalue weighted by Crippen LogP contribution is -2.30. The van der Waals surface area contributed by atoms with Crippen molar-refractivity contribution in [3.63, 3.8) is 0 Å². The molecule has 2 N–H and O–H groups in total. The Bertz CT molecular complexity index is 970. The topological polar surface area (TPSA) is 58.2 Å². The molecule has 3 aromatic rings. The van der Waals surface area contributed by atoms with Gasteiger partial charge in [0.05, 0.1) is 0 Å². The molecule has 0 aliphatic heterocycles. The number of benzene rings is 3. The highest BCUT2D eigenvalue weighted by atomic mass is 79.9. The average Bonchev–Trinajstić information content (AvgIpc) is 2.69. The molecule has 0 aromatic heterocycles. The summed E-state index contributed by atoms with van der Waals surface area (Å²) in [4.78, 5) is 25.3. The summed E-state index contributed by atoms with van der Waals surface area (Å²) >= 11 is 3.41. The number of amides is 2. The molecule has 0 saturated heterocycles. The third-order valence-corrected chi connectivity index (χ3v) is 4.21. The molecule has 4 nitrogen and oxygen atoms in total. The Kier molecular flexibility index (Phi) is 6.18. The number of anilines is 1. The maximum Gasteiger partial charge on any atom is 0.272 e. The van der Waals surface area contributed by atoms with E-state index in [1.807, 2.05) is 48.5 Å². The van der Waals surface area contributed by atoms with Crippen LogP contribution in [0.15, 0.2) is 95.1 Å². The Hall–Kier alpha value is -3.18. The van der Waals surface area contributed by atoms with Crippen LogP contribution in [0.3, 0.4) is 0 Å². The van der Waals surface area contributed by atoms with E-state index in [1.54, 1.807) is 42.5 Å². The van der Waals surface area contributed by atoms with Gasteiger partial charge in [0.15, 0.2) is 0 Å². The molecule has 0 heterocycles. The minimum atomic E-state index is -0.398. The molecule has 0 atom stereocenters. The quantitative estimate of drug-likeness (QED) is 0.579. The molecule has 0 aliphatic rings. The Labute approximate surface area is 166 Å². The van der Waals surface area contributed by atoms with Gasteiger partial charge in [0, 0.05) is 15.7 Å². The van der Waals surface area contributed by atoms with Gasteiger partial charge in [0.1, 0.15) is 5.70 Å². The molecule has 3 rings (SSSR count). The van der Waals surface area contributed by atoms with E-state index >= 15 is 0 Å². The zero-order valence-electron chi connectivity index (χ0n) is 14.4. The third kappa shape index (κ3) is 5.39. The first-order valence-corrected chi connectivity index (χ1v) is 9.11. The van der Waals surface area contributed by atoms with Crippen molar-refractivity contribution < 1.29 is 9.59 Å². The van der Waals surface area contributed by atoms with Gasteiger partial charge in [-0.05, 0) is 48.0 Å². The summed E-state index contributed by atoms with van der Waals surface area (Å²) in [6.45, 7) is 0. The smallest absolute Gasteiger partial charge is 0.272 e. The van der Waals surface area contributed by atoms with Crippen LogP contribution in [0.5, 0.6) is 0 Å². The minimum Gasteiger partial charge on any atom is -0.321 e. The molecule has 5 heteroatoms. The van der Waals surface area contributed by atoms with Crippen LogP contribution < -0.4 is 10.6 Å². The second-order valence-electron chi connectivity index (χ2n) is 5.75. The Balaban J connectivity index is 1.88. The molecule has 0 unspecified atom stereocenters. The van der Waals surface area contributed by atoms with Gasteiger partial charge in [0.25, 0.3) is 11.8 Å². The second kappa shape index (κ2) is 8.96. The van der Waals surface area contributed by atoms with E-state index in [9.17, 15) is 9.59 Å². The minimum absolute atomic E-state index is 0.158. The lowest BCUT2D eigenvalue weighted by Gasteiger charge is -2.11. The summed E-state index contributed by atoms with van der Waals surface area (Å²) in [5.41, 5.74) is 2.07. The first kappa shape index (κ1) is 18.6. The maximum atomic E-state index is 12.8. The van der Waals surface area contributed by atoms with Crippen molar-refractivity contribution in [3.05, 3.63) is 106 Å². The van der Waals surface area contributed by atoms with Gasteiger partial charge in [-0.3, -0.25) is 9.59 Å². The van der Waals surface area contributed by atoms with Crippen molar-refractivity contribution in [2.75, 3.05) is 5.32 Å². The molecule has 0 aliphatic carbocycles. The van der Waals surface area contributed by atoms with Crippen molar-refractivity contribution in [1.29, 1.82) is 0 Å². The fourth-order valence-corrected chi connectivity index (χ4v) is 2.84. The Morgan fingerprint density at radius 1 is 0.815 bits per heavy atom. The fourth-order valence-electron chi connectivity index (χ4n) is 2.43. The van der Waals surface area contributed by atoms with Crippen molar-refractivity contribution in [1.82, 2.24) is 5.32 Å². The van der Waals surface area contributed by atoms with Gasteiger partial charge in [0.2, 0.25) is 0 Å². The van der Waals surface area contributed by atoms with E-state index in [2.05, 4.69) is 26.6 Å². The molecule has 2 amide bonds. The molecule has 134 valence electrons. The van der Waals surface area contributed by atoms with Crippen molar-refractivity contribution in [2.45, 2.75) is 0 Å². The first-order valence-electron chi connectivity index (χ1n) is 8.32. The molecule has 3 aromatic carbocycles. The highest BCUT2D eigenvalue weighted by molar-refractivity contribution is 9.10. The average molecular weight is 421 g/mol. The van der Waals surface area contributed by atoms with E-state index < -0.39 is 5.91 Å². The van der Waals surface area contributed by atoms with Gasteiger partial charge in [-0.2, -0.15) is 0 Å². The fraction of sp³-hybridized carbons (Fsp3) is 0. The Morgan fingerprint density at radius 2 is 1.48 bits per heavy atom. The summed E-state index contributed by atoms with van der Waals surface area (Å²) in [5, 5.41) is 5.52. The van der Waals surface area contributed by atoms with E-state index in [1.165, 1.54) is 0 Å². The van der Waals surface area contributed by atoms with Gasteiger partial charge in [-0.15, -0.1) is 0 Å². The van der Waals surface area contributed by atoms with Crippen LogP contribution in [-0.2, 0) is 4.79 Å². The zero-order chi connectivity index (χ0) is 19.1. The molecule has 0 saturated carbocycles. The number of para-hydroxylation sites is 1. The summed E-state index contributed by atoms with van der Waals surface area (Å²) < 4.78 is 0.883. The molecular weight excluding hydrogens is 404 g/mol. The number of hydrogen-bond acceptors (Lipinski definition) is 2. The van der Waals surface area contributed by atoms with Gasteiger partial charge >= 0.3 is 0 Å². The van der Waals surface area contributed by atoms with Gasteiger partial charge in [-0.1, -0.05) is 64.5 Å². The third-order valence-electron chi connectivity index (χ3n) is 3.72. The van der Waals surface area contributed by atoms with Crippen LogP contribution >= 0.6 is 15.9 Å². The van der Waals surface area contributed by atoms with Crippen LogP contribution in [0, 0.1) is 0 Å². The summed E-state index contributed by atoms with van der Waals surface area (Å²) in [6.07, 6.45) is 1.64. The number of rotatable bonds is 5. The van der Waals surface area contributed by atoms with Crippen LogP contribution in [0.1, 0.15) is 15.9 Å². The highest BCUT2D eigenvalue weighted by Gasteiger charge is 2.15. The summed E-state index contributed by atoms with van der Waals surface area (Å²) in [7, 11) is 0. The predicted octanol–water partition coefficient (Wildman–Crippen LogP) is 4.86. The number of nitrogens with one attached hydrogen (secondary N) is 2. The Morgan fingerprint density at radius 3 is 2.15 bits per heavy atom. The molecule has 0 bridgehead atoms. The summed E-state index contributed by atoms with van der Waals surface area (Å²) in [5.74, 6) is -0.745. The second-order valence-corrected chi connectivity index (χ2v) is 6.67. The van der Waals surface area contributed by atoms with Crippen LogP contribution in [0.2, 0.25) is 0 Å². The normalized spacial score (nSPS) is 10.9. The summed E-state index contributed by atoms with van der Waals surface area (Å²) in [6, 6.07) is 25.3. The molecule has 0 radical (unpaired) electrons. The van der Waals surface area contributed by atoms with Gasteiger partial charge in [-0.25, -0.2) is 0 Å². The number of halogens is 1. The molecule has 0 spiro atoms. The number of hydrogen-bond donors (Lipinski definition) is 2. The van der Waals surface area contributed by atoms with Crippen molar-refractivity contribution in [2.24, 2.45) is 0 Å². The van der Waals surface area contributed by atoms with Crippen LogP contribution in [0.4, 0.5) is 5.69 Å². The van der Waals surface area contributed by atoms with E-state index in [0.29, 0.717) is 11.3 Å². The van der Waals surface area contributed by atoms with E-state index in [4.69, 9.17) is 0 Å². The lowest BCUT2D eigenvalue weighted by molar-refractivity contribution is -0.113. The first-order chi connectivity index (χ1) is 13.1. The largest absolute Gasteiger partial charge is 0.321 e. The van der Waals surface area contributed by atoms with Crippen LogP contribution in [0.25, 0.3) is 6.08 Å². The number of carbonyl (C=O) groups excluding carboxylic acids is 2. The highest BCUT2D eigenvalue weighted by Crippen LogP contribution is 2.15. The van der Waals surface area contributed by atoms with Crippen LogP contribution in [-0.4, -0.2) is 11.8 Å². The van der Waals surface area contributed by atoms with Crippen molar-refractivity contribution >= 4 is 39.5 Å². The van der Waals surface area contributed by atoms with E-state index in [-0.39, 0.29) is 11.6 Å². The van der Waals surface area contributed by atoms with E-state index in [0.717, 1.165) is 10.0 Å². The molecular formula is C22H17BrN2O2. The lowest BCUT2D eigenvalue weighted by atomic mass is 10.1. The van der Waals surface area contributed by atoms with Crippen molar-refractivity contribution in [3.8, 4) is 0 Å². The maximum absolute atomic E-state index is 12.8. The number of carbonyl (C=O) groups is 2. The predicted molar refractivity (Wildman–Crippen MR) is 111 cm³/mol. The standard InChI is InChI=1S/C22H17BrN2O2/c23-18-11-7-8-16(14-18)15-20(22(27)24-19-12-5-2-6-13-19)25-21(26)17-9-3-1-4-10-17/h1-15H,(H,24,27)(H,25,26).